The molecule has 3 N–H and O–H groups in total. The highest BCUT2D eigenvalue weighted by atomic mass is 79.9. The van der Waals surface area contributed by atoms with E-state index >= 15 is 0 Å². The second kappa shape index (κ2) is 12.5. The number of pyridine rings is 1. The number of nitriles is 1. The fourth-order valence-electron chi connectivity index (χ4n) is 4.58. The molecule has 2 aromatic heterocycles. The number of amides is 1. The Morgan fingerprint density at radius 1 is 0.975 bits per heavy atom. The zero-order valence-electron chi connectivity index (χ0n) is 21.8. The number of aromatic hydroxyl groups is 1. The predicted molar refractivity (Wildman–Crippen MR) is 161 cm³/mol. The lowest BCUT2D eigenvalue weighted by atomic mass is 10.0. The van der Waals surface area contributed by atoms with Crippen molar-refractivity contribution >= 4 is 38.9 Å². The molecule has 2 heterocycles. The lowest BCUT2D eigenvalue weighted by Crippen LogP contribution is -2.11. The normalized spacial score (nSPS) is 10.8. The molecule has 7 nitrogen and oxygen atoms in total. The van der Waals surface area contributed by atoms with E-state index in [9.17, 15) is 9.90 Å². The highest BCUT2D eigenvalue weighted by Gasteiger charge is 2.12. The molecule has 0 aliphatic carbocycles. The van der Waals surface area contributed by atoms with Crippen LogP contribution in [0.4, 0.5) is 11.5 Å². The fourth-order valence-corrected chi connectivity index (χ4v) is 4.95. The van der Waals surface area contributed by atoms with Crippen LogP contribution in [0, 0.1) is 11.3 Å². The number of para-hydroxylation sites is 1. The van der Waals surface area contributed by atoms with E-state index in [2.05, 4.69) is 62.0 Å². The Balaban J connectivity index is 1.15. The van der Waals surface area contributed by atoms with Gasteiger partial charge in [-0.25, -0.2) is 4.52 Å². The highest BCUT2D eigenvalue weighted by molar-refractivity contribution is 9.10. The average Bonchev–Trinajstić information content (AvgIpc) is 3.35. The van der Waals surface area contributed by atoms with Crippen LogP contribution >= 0.6 is 15.9 Å². The second-order valence-corrected chi connectivity index (χ2v) is 10.4. The number of phenols is 1. The maximum Gasteiger partial charge on any atom is 0.224 e. The number of carbonyl (C=O) groups excluding carboxylic acids is 1. The number of rotatable bonds is 10. The fraction of sp³-hybridized carbons (Fsp3) is 0.156. The Labute approximate surface area is 241 Å². The van der Waals surface area contributed by atoms with Gasteiger partial charge < -0.3 is 15.7 Å². The number of hydrogen-bond acceptors (Lipinski definition) is 5. The Bertz CT molecular complexity index is 1690. The number of unbranched alkanes of at least 4 members (excludes halogenated alkanes) is 1. The maximum absolute atomic E-state index is 12.2. The highest BCUT2D eigenvalue weighted by Crippen LogP contribution is 2.33. The topological polar surface area (TPSA) is 102 Å². The van der Waals surface area contributed by atoms with Gasteiger partial charge in [0.25, 0.3) is 0 Å². The van der Waals surface area contributed by atoms with Crippen molar-refractivity contribution in [2.24, 2.45) is 0 Å². The molecule has 0 saturated carbocycles. The summed E-state index contributed by atoms with van der Waals surface area (Å²) in [5.41, 5.74) is 6.10. The Morgan fingerprint density at radius 2 is 1.77 bits per heavy atom. The molecule has 0 aliphatic rings. The van der Waals surface area contributed by atoms with Crippen LogP contribution in [-0.2, 0) is 17.8 Å². The number of halogens is 1. The summed E-state index contributed by atoms with van der Waals surface area (Å²) in [4.78, 5) is 12.2. The number of nitrogens with one attached hydrogen (secondary N) is 2. The summed E-state index contributed by atoms with van der Waals surface area (Å²) in [6.07, 6.45) is 4.80. The monoisotopic (exact) mass is 593 g/mol. The minimum absolute atomic E-state index is 0.0404. The van der Waals surface area contributed by atoms with Crippen molar-refractivity contribution in [3.8, 4) is 22.9 Å². The smallest absolute Gasteiger partial charge is 0.224 e. The molecule has 5 rings (SSSR count). The third kappa shape index (κ3) is 6.50. The molecule has 40 heavy (non-hydrogen) atoms. The molecule has 5 aromatic rings. The first kappa shape index (κ1) is 27.0. The van der Waals surface area contributed by atoms with Gasteiger partial charge in [-0.05, 0) is 88.3 Å². The molecule has 8 heteroatoms. The van der Waals surface area contributed by atoms with Crippen molar-refractivity contribution in [2.45, 2.75) is 32.2 Å². The average molecular weight is 595 g/mol. The quantitative estimate of drug-likeness (QED) is 0.147. The third-order valence-corrected chi connectivity index (χ3v) is 7.29. The molecule has 0 atom stereocenters. The zero-order chi connectivity index (χ0) is 27.9. The van der Waals surface area contributed by atoms with Crippen LogP contribution in [0.1, 0.15) is 36.0 Å². The van der Waals surface area contributed by atoms with Gasteiger partial charge in [-0.2, -0.15) is 10.4 Å². The van der Waals surface area contributed by atoms with Gasteiger partial charge in [-0.3, -0.25) is 4.79 Å². The Morgan fingerprint density at radius 3 is 2.58 bits per heavy atom. The lowest BCUT2D eigenvalue weighted by Gasteiger charge is -2.13. The van der Waals surface area contributed by atoms with Gasteiger partial charge in [0.2, 0.25) is 5.91 Å². The van der Waals surface area contributed by atoms with E-state index in [-0.39, 0.29) is 11.7 Å². The van der Waals surface area contributed by atoms with Crippen LogP contribution in [0.5, 0.6) is 5.75 Å². The first-order valence-corrected chi connectivity index (χ1v) is 13.9. The summed E-state index contributed by atoms with van der Waals surface area (Å²) in [5.74, 6) is 1.01. The molecule has 0 radical (unpaired) electrons. The summed E-state index contributed by atoms with van der Waals surface area (Å²) in [6.45, 7) is 0.615. The Hall–Kier alpha value is -4.61. The molecular formula is C32H28BrN5O2. The summed E-state index contributed by atoms with van der Waals surface area (Å²) < 4.78 is 2.72. The van der Waals surface area contributed by atoms with Crippen LogP contribution in [0.15, 0.2) is 95.6 Å². The zero-order valence-corrected chi connectivity index (χ0v) is 23.4. The van der Waals surface area contributed by atoms with Crippen LogP contribution in [-0.4, -0.2) is 20.6 Å². The van der Waals surface area contributed by atoms with E-state index in [4.69, 9.17) is 5.26 Å². The number of nitrogens with zero attached hydrogens (tertiary/aromatic N) is 3. The SMILES string of the molecule is N#Cc1cccc(NC(=O)CCCCc2ccc(CNc3cc(-c4ccccc4O)cc4c(Br)cnn34)cc2)c1. The number of benzene rings is 3. The molecule has 0 spiro atoms. The molecule has 200 valence electrons. The van der Waals surface area contributed by atoms with Crippen LogP contribution in [0.25, 0.3) is 16.6 Å². The standard InChI is InChI=1S/C32H28BrN5O2/c33-28-21-36-38-29(28)17-25(27-9-2-3-10-30(27)39)18-31(38)35-20-23-14-12-22(13-15-23)6-1-4-11-32(40)37-26-8-5-7-24(16-26)19-34/h2-3,5,7-10,12-18,21,35,39H,1,4,6,11,20H2,(H,37,40). The third-order valence-electron chi connectivity index (χ3n) is 6.68. The molecule has 0 bridgehead atoms. The largest absolute Gasteiger partial charge is 0.507 e. The van der Waals surface area contributed by atoms with E-state index in [1.165, 1.54) is 5.56 Å². The van der Waals surface area contributed by atoms with Gasteiger partial charge in [0.1, 0.15) is 11.6 Å². The summed E-state index contributed by atoms with van der Waals surface area (Å²) >= 11 is 3.58. The maximum atomic E-state index is 12.2. The lowest BCUT2D eigenvalue weighted by molar-refractivity contribution is -0.116. The molecule has 0 fully saturated rings. The number of anilines is 2. The van der Waals surface area contributed by atoms with Crippen molar-refractivity contribution in [1.82, 2.24) is 9.61 Å². The molecule has 0 unspecified atom stereocenters. The van der Waals surface area contributed by atoms with Crippen molar-refractivity contribution in [3.05, 3.63) is 112 Å². The summed E-state index contributed by atoms with van der Waals surface area (Å²) in [7, 11) is 0. The van der Waals surface area contributed by atoms with E-state index in [0.717, 1.165) is 51.8 Å². The van der Waals surface area contributed by atoms with Gasteiger partial charge >= 0.3 is 0 Å². The second-order valence-electron chi connectivity index (χ2n) is 9.55. The van der Waals surface area contributed by atoms with E-state index < -0.39 is 0 Å². The van der Waals surface area contributed by atoms with Gasteiger partial charge in [-0.1, -0.05) is 48.5 Å². The molecule has 1 amide bonds. The molecular weight excluding hydrogens is 566 g/mol. The number of phenolic OH excluding ortho intramolecular Hbond substituents is 1. The van der Waals surface area contributed by atoms with E-state index in [1.807, 2.05) is 34.8 Å². The van der Waals surface area contributed by atoms with Crippen molar-refractivity contribution in [1.29, 1.82) is 5.26 Å². The first-order valence-electron chi connectivity index (χ1n) is 13.1. The molecule has 0 aliphatic heterocycles. The van der Waals surface area contributed by atoms with Crippen LogP contribution in [0.3, 0.4) is 0 Å². The number of fused-ring (bicyclic) bond motifs is 1. The van der Waals surface area contributed by atoms with Crippen LogP contribution in [0.2, 0.25) is 0 Å². The van der Waals surface area contributed by atoms with Gasteiger partial charge in [0.15, 0.2) is 0 Å². The first-order chi connectivity index (χ1) is 19.5. The summed E-state index contributed by atoms with van der Waals surface area (Å²) in [5, 5.41) is 30.2. The van der Waals surface area contributed by atoms with Gasteiger partial charge in [-0.15, -0.1) is 0 Å². The van der Waals surface area contributed by atoms with Crippen LogP contribution < -0.4 is 10.6 Å². The van der Waals surface area contributed by atoms with E-state index in [1.54, 1.807) is 36.5 Å². The number of aryl methyl sites for hydroxylation is 1. The Kier molecular flexibility index (Phi) is 8.43. The van der Waals surface area contributed by atoms with Crippen molar-refractivity contribution in [2.75, 3.05) is 10.6 Å². The van der Waals surface area contributed by atoms with Crippen molar-refractivity contribution in [3.63, 3.8) is 0 Å². The summed E-state index contributed by atoms with van der Waals surface area (Å²) in [6, 6.07) is 28.8. The molecule has 0 saturated heterocycles. The molecule has 3 aromatic carbocycles. The number of aromatic nitrogens is 2. The number of hydrogen-bond donors (Lipinski definition) is 3. The minimum atomic E-state index is -0.0404. The van der Waals surface area contributed by atoms with Gasteiger partial charge in [0.05, 0.1) is 27.8 Å². The van der Waals surface area contributed by atoms with Crippen molar-refractivity contribution < 1.29 is 9.90 Å². The van der Waals surface area contributed by atoms with E-state index in [0.29, 0.717) is 24.2 Å². The van der Waals surface area contributed by atoms with Gasteiger partial charge in [0, 0.05) is 24.2 Å². The minimum Gasteiger partial charge on any atom is -0.507 e. The number of carbonyl (C=O) groups is 1. The predicted octanol–water partition coefficient (Wildman–Crippen LogP) is 7.30.